The number of hydrogen-bond donors (Lipinski definition) is 2. The minimum absolute atomic E-state index is 0.157. The number of fused-ring (bicyclic) bond motifs is 1. The zero-order valence-corrected chi connectivity index (χ0v) is 22.9. The van der Waals surface area contributed by atoms with E-state index in [1.807, 2.05) is 74.5 Å². The molecular formula is C29H24ClN5O3S. The molecule has 0 aliphatic carbocycles. The molecule has 0 saturated carbocycles. The molecule has 196 valence electrons. The van der Waals surface area contributed by atoms with Crippen molar-refractivity contribution in [2.75, 3.05) is 12.4 Å². The predicted molar refractivity (Wildman–Crippen MR) is 157 cm³/mol. The number of carbonyl (C=O) groups is 1. The van der Waals surface area contributed by atoms with Crippen LogP contribution >= 0.6 is 23.8 Å². The molecule has 0 bridgehead atoms. The number of rotatable bonds is 6. The van der Waals surface area contributed by atoms with E-state index in [9.17, 15) is 4.79 Å². The smallest absolute Gasteiger partial charge is 0.250 e. The average Bonchev–Trinajstić information content (AvgIpc) is 3.56. The Kier molecular flexibility index (Phi) is 7.44. The van der Waals surface area contributed by atoms with Gasteiger partial charge < -0.3 is 14.5 Å². The highest BCUT2D eigenvalue weighted by molar-refractivity contribution is 7.80. The maximum absolute atomic E-state index is 12.5. The van der Waals surface area contributed by atoms with E-state index >= 15 is 0 Å². The summed E-state index contributed by atoms with van der Waals surface area (Å²) in [6.45, 7) is 3.86. The minimum Gasteiger partial charge on any atom is -0.497 e. The number of halogens is 1. The van der Waals surface area contributed by atoms with Crippen LogP contribution in [0.3, 0.4) is 0 Å². The summed E-state index contributed by atoms with van der Waals surface area (Å²) in [5.74, 6) is 1.54. The lowest BCUT2D eigenvalue weighted by atomic mass is 10.1. The van der Waals surface area contributed by atoms with Crippen LogP contribution in [0.4, 0.5) is 5.69 Å². The van der Waals surface area contributed by atoms with Crippen molar-refractivity contribution in [3.8, 4) is 22.8 Å². The Morgan fingerprint density at radius 3 is 2.46 bits per heavy atom. The van der Waals surface area contributed by atoms with Crippen LogP contribution in [-0.2, 0) is 4.79 Å². The van der Waals surface area contributed by atoms with E-state index in [1.165, 1.54) is 6.08 Å². The fourth-order valence-corrected chi connectivity index (χ4v) is 4.23. The van der Waals surface area contributed by atoms with E-state index in [1.54, 1.807) is 24.0 Å². The predicted octanol–water partition coefficient (Wildman–Crippen LogP) is 6.49. The second-order valence-corrected chi connectivity index (χ2v) is 9.60. The Morgan fingerprint density at radius 1 is 1.00 bits per heavy atom. The van der Waals surface area contributed by atoms with Gasteiger partial charge in [-0.25, -0.2) is 0 Å². The van der Waals surface area contributed by atoms with Crippen LogP contribution in [0.5, 0.6) is 5.75 Å². The third kappa shape index (κ3) is 6.00. The van der Waals surface area contributed by atoms with E-state index < -0.39 is 5.91 Å². The molecule has 0 fully saturated rings. The van der Waals surface area contributed by atoms with Crippen molar-refractivity contribution in [3.05, 3.63) is 94.7 Å². The zero-order valence-electron chi connectivity index (χ0n) is 21.4. The van der Waals surface area contributed by atoms with Crippen molar-refractivity contribution >= 4 is 57.6 Å². The molecule has 0 unspecified atom stereocenters. The van der Waals surface area contributed by atoms with Crippen molar-refractivity contribution in [2.24, 2.45) is 0 Å². The van der Waals surface area contributed by atoms with Crippen molar-refractivity contribution in [1.29, 1.82) is 0 Å². The molecule has 2 heterocycles. The number of amides is 1. The molecule has 2 aromatic heterocycles. The van der Waals surface area contributed by atoms with Gasteiger partial charge in [-0.2, -0.15) is 4.80 Å². The minimum atomic E-state index is -0.395. The molecule has 0 aliphatic rings. The summed E-state index contributed by atoms with van der Waals surface area (Å²) in [6.07, 6.45) is 2.93. The van der Waals surface area contributed by atoms with Gasteiger partial charge in [0, 0.05) is 22.3 Å². The molecule has 3 aromatic carbocycles. The number of nitrogens with zero attached hydrogens (tertiary/aromatic N) is 3. The molecule has 8 nitrogen and oxygen atoms in total. The van der Waals surface area contributed by atoms with Gasteiger partial charge in [0.25, 0.3) is 0 Å². The highest BCUT2D eigenvalue weighted by atomic mass is 35.5. The molecular weight excluding hydrogens is 534 g/mol. The van der Waals surface area contributed by atoms with E-state index in [-0.39, 0.29) is 5.11 Å². The molecule has 2 N–H and O–H groups in total. The van der Waals surface area contributed by atoms with Gasteiger partial charge in [-0.15, -0.1) is 10.2 Å². The number of ether oxygens (including phenoxy) is 1. The topological polar surface area (TPSA) is 94.2 Å². The van der Waals surface area contributed by atoms with Crippen LogP contribution in [0, 0.1) is 13.8 Å². The zero-order chi connectivity index (χ0) is 27.5. The van der Waals surface area contributed by atoms with Gasteiger partial charge in [-0.05, 0) is 97.9 Å². The quantitative estimate of drug-likeness (QED) is 0.182. The number of aromatic nitrogens is 3. The fraction of sp³-hybridized carbons (Fsp3) is 0.103. The summed E-state index contributed by atoms with van der Waals surface area (Å²) in [7, 11) is 1.62. The highest BCUT2D eigenvalue weighted by Crippen LogP contribution is 2.27. The summed E-state index contributed by atoms with van der Waals surface area (Å²) in [4.78, 5) is 14.0. The number of aryl methyl sites for hydroxylation is 2. The summed E-state index contributed by atoms with van der Waals surface area (Å²) in [5.41, 5.74) is 5.68. The van der Waals surface area contributed by atoms with Crippen LogP contribution in [-0.4, -0.2) is 33.1 Å². The first kappa shape index (κ1) is 26.1. The lowest BCUT2D eigenvalue weighted by Gasteiger charge is -2.10. The monoisotopic (exact) mass is 557 g/mol. The van der Waals surface area contributed by atoms with Gasteiger partial charge in [0.15, 0.2) is 5.11 Å². The number of carbonyl (C=O) groups excluding carboxylic acids is 1. The lowest BCUT2D eigenvalue weighted by Crippen LogP contribution is -2.33. The Balaban J connectivity index is 1.22. The summed E-state index contributed by atoms with van der Waals surface area (Å²) in [5, 5.41) is 15.7. The first-order valence-corrected chi connectivity index (χ1v) is 12.8. The average molecular weight is 558 g/mol. The SMILES string of the molecule is COc1ccc(-n2nc3cc(C)c(NC(=S)NC(=O)/C=C/c4ccc(-c5ccc(C)c(Cl)c5)o4)cc3n2)cc1. The highest BCUT2D eigenvalue weighted by Gasteiger charge is 2.11. The number of thiocarbonyl (C=S) groups is 1. The van der Waals surface area contributed by atoms with Crippen molar-refractivity contribution in [3.63, 3.8) is 0 Å². The Labute approximate surface area is 235 Å². The molecule has 0 aliphatic heterocycles. The number of hydrogen-bond acceptors (Lipinski definition) is 6. The molecule has 0 atom stereocenters. The lowest BCUT2D eigenvalue weighted by molar-refractivity contribution is -0.115. The number of benzene rings is 3. The third-order valence-corrected chi connectivity index (χ3v) is 6.61. The molecule has 5 aromatic rings. The first-order chi connectivity index (χ1) is 18.8. The van der Waals surface area contributed by atoms with Crippen LogP contribution < -0.4 is 15.4 Å². The van der Waals surface area contributed by atoms with Gasteiger partial charge in [-0.3, -0.25) is 10.1 Å². The molecule has 1 amide bonds. The summed E-state index contributed by atoms with van der Waals surface area (Å²) in [6, 6.07) is 20.5. The second-order valence-electron chi connectivity index (χ2n) is 8.79. The molecule has 10 heteroatoms. The molecule has 0 saturated heterocycles. The Bertz CT molecular complexity index is 1720. The molecule has 5 rings (SSSR count). The van der Waals surface area contributed by atoms with E-state index in [4.69, 9.17) is 33.0 Å². The van der Waals surface area contributed by atoms with Crippen LogP contribution in [0.1, 0.15) is 16.9 Å². The van der Waals surface area contributed by atoms with Crippen LogP contribution in [0.2, 0.25) is 5.02 Å². The van der Waals surface area contributed by atoms with E-state index in [0.29, 0.717) is 27.7 Å². The standard InChI is InChI=1S/C29H24ClN5O3S/c1-17-4-5-19(15-23(17)30)27-12-10-22(38-27)11-13-28(36)32-29(39)31-24-16-26-25(14-18(24)2)33-35(34-26)20-6-8-21(37-3)9-7-20/h4-16H,1-3H3,(H2,31,32,36,39)/b13-11+. The number of nitrogens with one attached hydrogen (secondary N) is 2. The largest absolute Gasteiger partial charge is 0.497 e. The van der Waals surface area contributed by atoms with Gasteiger partial charge in [0.2, 0.25) is 5.91 Å². The van der Waals surface area contributed by atoms with E-state index in [0.717, 1.165) is 33.6 Å². The van der Waals surface area contributed by atoms with Gasteiger partial charge in [-0.1, -0.05) is 23.7 Å². The molecule has 39 heavy (non-hydrogen) atoms. The normalized spacial score (nSPS) is 11.2. The molecule has 0 spiro atoms. The maximum Gasteiger partial charge on any atom is 0.250 e. The van der Waals surface area contributed by atoms with Crippen molar-refractivity contribution in [2.45, 2.75) is 13.8 Å². The summed E-state index contributed by atoms with van der Waals surface area (Å²) >= 11 is 11.6. The number of furan rings is 1. The van der Waals surface area contributed by atoms with Gasteiger partial charge in [0.1, 0.15) is 28.3 Å². The third-order valence-electron chi connectivity index (χ3n) is 6.00. The van der Waals surface area contributed by atoms with Crippen LogP contribution in [0.25, 0.3) is 34.1 Å². The van der Waals surface area contributed by atoms with Gasteiger partial charge in [0.05, 0.1) is 12.8 Å². The number of anilines is 1. The van der Waals surface area contributed by atoms with Crippen molar-refractivity contribution < 1.29 is 13.9 Å². The Morgan fingerprint density at radius 2 is 1.74 bits per heavy atom. The second kappa shape index (κ2) is 11.1. The summed E-state index contributed by atoms with van der Waals surface area (Å²) < 4.78 is 11.0. The fourth-order valence-electron chi connectivity index (χ4n) is 3.84. The van der Waals surface area contributed by atoms with Crippen molar-refractivity contribution in [1.82, 2.24) is 20.3 Å². The van der Waals surface area contributed by atoms with E-state index in [2.05, 4.69) is 20.8 Å². The molecule has 0 radical (unpaired) electrons. The number of methoxy groups -OCH3 is 1. The van der Waals surface area contributed by atoms with Crippen LogP contribution in [0.15, 0.2) is 77.2 Å². The maximum atomic E-state index is 12.5. The Hall–Kier alpha value is -4.47. The first-order valence-electron chi connectivity index (χ1n) is 12.0. The van der Waals surface area contributed by atoms with Gasteiger partial charge >= 0.3 is 0 Å².